The highest BCUT2D eigenvalue weighted by Crippen LogP contribution is 2.21. The van der Waals surface area contributed by atoms with Crippen molar-refractivity contribution < 1.29 is 9.50 Å². The lowest BCUT2D eigenvalue weighted by Crippen LogP contribution is -2.27. The Hall–Kier alpha value is -1.13. The number of anilines is 1. The minimum atomic E-state index is -0.285. The van der Waals surface area contributed by atoms with Crippen molar-refractivity contribution in [3.05, 3.63) is 29.6 Å². The van der Waals surface area contributed by atoms with Gasteiger partial charge in [0.1, 0.15) is 5.82 Å². The molecule has 2 rings (SSSR count). The van der Waals surface area contributed by atoms with E-state index in [9.17, 15) is 4.39 Å². The van der Waals surface area contributed by atoms with Gasteiger partial charge in [-0.2, -0.15) is 0 Å². The molecule has 18 heavy (non-hydrogen) atoms. The monoisotopic (exact) mass is 252 g/mol. The molecule has 4 heteroatoms. The molecule has 0 aliphatic carbocycles. The Balaban J connectivity index is 2.03. The fourth-order valence-corrected chi connectivity index (χ4v) is 2.61. The van der Waals surface area contributed by atoms with Gasteiger partial charge in [0.05, 0.1) is 6.61 Å². The van der Waals surface area contributed by atoms with E-state index in [0.29, 0.717) is 11.5 Å². The standard InChI is InChI=1S/C14H21FN2O/c1-16-4-3-11(8-16)9-17(2)14-6-12(10-18)5-13(15)7-14/h5-7,11,18H,3-4,8-10H2,1-2H3. The maximum atomic E-state index is 13.4. The van der Waals surface area contributed by atoms with E-state index in [2.05, 4.69) is 16.8 Å². The van der Waals surface area contributed by atoms with Crippen LogP contribution in [0.15, 0.2) is 18.2 Å². The van der Waals surface area contributed by atoms with Crippen LogP contribution in [-0.2, 0) is 6.61 Å². The molecule has 0 radical (unpaired) electrons. The number of aliphatic hydroxyl groups excluding tert-OH is 1. The molecule has 1 unspecified atom stereocenters. The van der Waals surface area contributed by atoms with E-state index in [0.717, 1.165) is 25.3 Å². The summed E-state index contributed by atoms with van der Waals surface area (Å²) in [6.07, 6.45) is 1.20. The second kappa shape index (κ2) is 5.67. The van der Waals surface area contributed by atoms with Gasteiger partial charge < -0.3 is 14.9 Å². The van der Waals surface area contributed by atoms with Crippen LogP contribution in [0.1, 0.15) is 12.0 Å². The predicted octanol–water partition coefficient (Wildman–Crippen LogP) is 1.71. The maximum absolute atomic E-state index is 13.4. The second-order valence-electron chi connectivity index (χ2n) is 5.27. The first-order valence-electron chi connectivity index (χ1n) is 6.38. The zero-order valence-corrected chi connectivity index (χ0v) is 11.1. The van der Waals surface area contributed by atoms with E-state index in [-0.39, 0.29) is 12.4 Å². The fourth-order valence-electron chi connectivity index (χ4n) is 2.61. The van der Waals surface area contributed by atoms with Gasteiger partial charge in [0, 0.05) is 25.8 Å². The summed E-state index contributed by atoms with van der Waals surface area (Å²) in [5.41, 5.74) is 1.47. The summed E-state index contributed by atoms with van der Waals surface area (Å²) in [5.74, 6) is 0.354. The van der Waals surface area contributed by atoms with Gasteiger partial charge in [0.15, 0.2) is 0 Å². The summed E-state index contributed by atoms with van der Waals surface area (Å²) in [6.45, 7) is 3.06. The zero-order valence-electron chi connectivity index (χ0n) is 11.1. The molecule has 1 aliphatic rings. The first-order valence-corrected chi connectivity index (χ1v) is 6.38. The Morgan fingerprint density at radius 3 is 2.83 bits per heavy atom. The van der Waals surface area contributed by atoms with Crippen molar-refractivity contribution in [3.8, 4) is 0 Å². The minimum Gasteiger partial charge on any atom is -0.392 e. The molecule has 0 spiro atoms. The molecule has 1 fully saturated rings. The average molecular weight is 252 g/mol. The lowest BCUT2D eigenvalue weighted by atomic mass is 10.1. The van der Waals surface area contributed by atoms with Crippen LogP contribution in [-0.4, -0.2) is 43.7 Å². The predicted molar refractivity (Wildman–Crippen MR) is 71.2 cm³/mol. The van der Waals surface area contributed by atoms with Gasteiger partial charge in [-0.1, -0.05) is 0 Å². The van der Waals surface area contributed by atoms with Crippen molar-refractivity contribution >= 4 is 5.69 Å². The molecule has 1 aromatic carbocycles. The number of likely N-dealkylation sites (tertiary alicyclic amines) is 1. The molecule has 100 valence electrons. The Kier molecular flexibility index (Phi) is 4.19. The van der Waals surface area contributed by atoms with Crippen LogP contribution in [0.3, 0.4) is 0 Å². The molecule has 3 nitrogen and oxygen atoms in total. The molecule has 1 aromatic rings. The van der Waals surface area contributed by atoms with Gasteiger partial charge >= 0.3 is 0 Å². The Labute approximate surface area is 108 Å². The summed E-state index contributed by atoms with van der Waals surface area (Å²) in [7, 11) is 4.11. The Morgan fingerprint density at radius 1 is 1.44 bits per heavy atom. The molecule has 1 saturated heterocycles. The van der Waals surface area contributed by atoms with E-state index < -0.39 is 0 Å². The molecule has 1 atom stereocenters. The molecule has 0 saturated carbocycles. The van der Waals surface area contributed by atoms with Crippen molar-refractivity contribution in [2.24, 2.45) is 5.92 Å². The van der Waals surface area contributed by atoms with Crippen molar-refractivity contribution in [1.82, 2.24) is 4.90 Å². The Morgan fingerprint density at radius 2 is 2.22 bits per heavy atom. The van der Waals surface area contributed by atoms with Crippen molar-refractivity contribution in [3.63, 3.8) is 0 Å². The summed E-state index contributed by atoms with van der Waals surface area (Å²) >= 11 is 0. The molecule has 0 bridgehead atoms. The van der Waals surface area contributed by atoms with Gasteiger partial charge in [0.25, 0.3) is 0 Å². The number of rotatable bonds is 4. The summed E-state index contributed by atoms with van der Waals surface area (Å²) in [4.78, 5) is 4.40. The lowest BCUT2D eigenvalue weighted by Gasteiger charge is -2.23. The van der Waals surface area contributed by atoms with Crippen LogP contribution in [0.25, 0.3) is 0 Å². The van der Waals surface area contributed by atoms with Gasteiger partial charge in [-0.3, -0.25) is 0 Å². The van der Waals surface area contributed by atoms with Crippen molar-refractivity contribution in [2.75, 3.05) is 38.6 Å². The average Bonchev–Trinajstić information content (AvgIpc) is 2.73. The molecule has 0 amide bonds. The van der Waals surface area contributed by atoms with Crippen molar-refractivity contribution in [1.29, 1.82) is 0 Å². The third kappa shape index (κ3) is 3.21. The number of halogens is 1. The number of hydrogen-bond acceptors (Lipinski definition) is 3. The second-order valence-corrected chi connectivity index (χ2v) is 5.27. The van der Waals surface area contributed by atoms with E-state index in [1.54, 1.807) is 0 Å². The summed E-state index contributed by atoms with van der Waals surface area (Å²) in [5, 5.41) is 9.10. The highest BCUT2D eigenvalue weighted by molar-refractivity contribution is 5.48. The maximum Gasteiger partial charge on any atom is 0.125 e. The minimum absolute atomic E-state index is 0.120. The smallest absolute Gasteiger partial charge is 0.125 e. The zero-order chi connectivity index (χ0) is 13.1. The number of benzene rings is 1. The molecule has 1 aliphatic heterocycles. The van der Waals surface area contributed by atoms with Crippen molar-refractivity contribution in [2.45, 2.75) is 13.0 Å². The normalized spacial score (nSPS) is 20.3. The van der Waals surface area contributed by atoms with Gasteiger partial charge in [-0.05, 0) is 49.7 Å². The number of nitrogens with zero attached hydrogens (tertiary/aromatic N) is 2. The van der Waals surface area contributed by atoms with Crippen LogP contribution in [0.4, 0.5) is 10.1 Å². The number of aliphatic hydroxyl groups is 1. The van der Waals surface area contributed by atoms with Crippen LogP contribution in [0.2, 0.25) is 0 Å². The van der Waals surface area contributed by atoms with Gasteiger partial charge in [-0.15, -0.1) is 0 Å². The number of hydrogen-bond donors (Lipinski definition) is 1. The third-order valence-electron chi connectivity index (χ3n) is 3.59. The van der Waals surface area contributed by atoms with Crippen LogP contribution >= 0.6 is 0 Å². The first-order chi connectivity index (χ1) is 8.58. The van der Waals surface area contributed by atoms with E-state index >= 15 is 0 Å². The van der Waals surface area contributed by atoms with E-state index in [4.69, 9.17) is 5.11 Å². The third-order valence-corrected chi connectivity index (χ3v) is 3.59. The van der Waals surface area contributed by atoms with E-state index in [1.165, 1.54) is 18.6 Å². The first kappa shape index (κ1) is 13.3. The molecule has 0 aromatic heterocycles. The van der Waals surface area contributed by atoms with Gasteiger partial charge in [-0.25, -0.2) is 4.39 Å². The lowest BCUT2D eigenvalue weighted by molar-refractivity contribution is 0.281. The highest BCUT2D eigenvalue weighted by atomic mass is 19.1. The summed E-state index contributed by atoms with van der Waals surface area (Å²) in [6, 6.07) is 4.75. The van der Waals surface area contributed by atoms with Crippen LogP contribution in [0, 0.1) is 11.7 Å². The summed E-state index contributed by atoms with van der Waals surface area (Å²) < 4.78 is 13.4. The molecule has 1 N–H and O–H groups in total. The quantitative estimate of drug-likeness (QED) is 0.883. The SMILES string of the molecule is CN1CCC(CN(C)c2cc(F)cc(CO)c2)C1. The molecular formula is C14H21FN2O. The van der Waals surface area contributed by atoms with E-state index in [1.807, 2.05) is 13.1 Å². The largest absolute Gasteiger partial charge is 0.392 e. The Bertz CT molecular complexity index is 411. The highest BCUT2D eigenvalue weighted by Gasteiger charge is 2.21. The van der Waals surface area contributed by atoms with Gasteiger partial charge in [0.2, 0.25) is 0 Å². The van der Waals surface area contributed by atoms with Crippen LogP contribution < -0.4 is 4.90 Å². The topological polar surface area (TPSA) is 26.7 Å². The molecule has 1 heterocycles. The molecular weight excluding hydrogens is 231 g/mol. The van der Waals surface area contributed by atoms with Crippen LogP contribution in [0.5, 0.6) is 0 Å². The fraction of sp³-hybridized carbons (Fsp3) is 0.571.